The predicted octanol–water partition coefficient (Wildman–Crippen LogP) is 4.94. The van der Waals surface area contributed by atoms with Crippen molar-refractivity contribution in [2.75, 3.05) is 5.32 Å². The number of thiazole rings is 1. The van der Waals surface area contributed by atoms with Crippen LogP contribution >= 0.6 is 22.7 Å². The number of carboxylic acid groups (broad SMARTS) is 2. The first-order valence-electron chi connectivity index (χ1n) is 8.45. The van der Waals surface area contributed by atoms with Crippen molar-refractivity contribution in [3.05, 3.63) is 33.2 Å². The minimum atomic E-state index is -1.83. The second kappa shape index (κ2) is 8.01. The van der Waals surface area contributed by atoms with Crippen LogP contribution < -0.4 is 5.32 Å². The molecule has 26 heavy (non-hydrogen) atoms. The molecule has 0 spiro atoms. The molecule has 2 aliphatic carbocycles. The number of carbonyl (C=O) groups is 2. The third kappa shape index (κ3) is 4.13. The van der Waals surface area contributed by atoms with Gasteiger partial charge in [-0.3, -0.25) is 4.79 Å². The molecule has 2 heterocycles. The minimum absolute atomic E-state index is 0.0759. The monoisotopic (exact) mass is 392 g/mol. The Kier molecular flexibility index (Phi) is 5.73. The van der Waals surface area contributed by atoms with Crippen molar-refractivity contribution < 1.29 is 19.8 Å². The molecule has 2 aromatic heterocycles. The van der Waals surface area contributed by atoms with Crippen LogP contribution in [0.1, 0.15) is 41.8 Å². The Morgan fingerprint density at radius 1 is 1.19 bits per heavy atom. The SMILES string of the molecule is Cc1csc(-c2c(NC(=O)C3=CCCC3)sc3c2CCC3)n1.O=C(O)O. The molecule has 0 aliphatic heterocycles. The number of rotatable bonds is 3. The summed E-state index contributed by atoms with van der Waals surface area (Å²) in [5, 5.41) is 21.2. The maximum Gasteiger partial charge on any atom is 0.503 e. The van der Waals surface area contributed by atoms with E-state index in [1.807, 2.05) is 6.92 Å². The van der Waals surface area contributed by atoms with E-state index in [0.29, 0.717) is 0 Å². The number of fused-ring (bicyclic) bond motifs is 1. The lowest BCUT2D eigenvalue weighted by Gasteiger charge is -2.07. The smallest absolute Gasteiger partial charge is 0.450 e. The van der Waals surface area contributed by atoms with Gasteiger partial charge in [0.1, 0.15) is 10.0 Å². The van der Waals surface area contributed by atoms with Gasteiger partial charge in [0.2, 0.25) is 0 Å². The summed E-state index contributed by atoms with van der Waals surface area (Å²) < 4.78 is 0. The summed E-state index contributed by atoms with van der Waals surface area (Å²) in [5.41, 5.74) is 4.58. The number of hydrogen-bond acceptors (Lipinski definition) is 5. The Labute approximate surface area is 159 Å². The Hall–Kier alpha value is -2.19. The van der Waals surface area contributed by atoms with E-state index in [-0.39, 0.29) is 5.91 Å². The van der Waals surface area contributed by atoms with E-state index < -0.39 is 6.16 Å². The quantitative estimate of drug-likeness (QED) is 0.687. The summed E-state index contributed by atoms with van der Waals surface area (Å²) in [5.74, 6) is 0.0759. The highest BCUT2D eigenvalue weighted by Crippen LogP contribution is 2.46. The number of hydrogen-bond donors (Lipinski definition) is 3. The van der Waals surface area contributed by atoms with Crippen LogP contribution in [0.5, 0.6) is 0 Å². The molecule has 3 N–H and O–H groups in total. The fourth-order valence-corrected chi connectivity index (χ4v) is 5.47. The number of aromatic nitrogens is 1. The zero-order valence-corrected chi connectivity index (χ0v) is 16.0. The van der Waals surface area contributed by atoms with Crippen LogP contribution in [-0.4, -0.2) is 27.3 Å². The van der Waals surface area contributed by atoms with Gasteiger partial charge in [0.25, 0.3) is 5.91 Å². The average molecular weight is 393 g/mol. The summed E-state index contributed by atoms with van der Waals surface area (Å²) in [6.07, 6.45) is 6.74. The van der Waals surface area contributed by atoms with E-state index in [0.717, 1.165) is 53.4 Å². The number of carbonyl (C=O) groups excluding carboxylic acids is 1. The molecule has 2 aromatic rings. The standard InChI is InChI=1S/C17H18N2OS2.CH2O3/c1-10-9-21-16(18-10)14-12-7-4-8-13(12)22-17(14)19-15(20)11-5-2-3-6-11;2-1(3)4/h5,9H,2-4,6-8H2,1H3,(H,19,20);(H2,2,3,4). The van der Waals surface area contributed by atoms with E-state index in [2.05, 4.69) is 21.8 Å². The lowest BCUT2D eigenvalue weighted by molar-refractivity contribution is -0.112. The molecule has 0 radical (unpaired) electrons. The van der Waals surface area contributed by atoms with Crippen LogP contribution in [0.3, 0.4) is 0 Å². The van der Waals surface area contributed by atoms with Crippen molar-refractivity contribution in [2.24, 2.45) is 0 Å². The Bertz CT molecular complexity index is 863. The average Bonchev–Trinajstić information content (AvgIpc) is 3.29. The largest absolute Gasteiger partial charge is 0.503 e. The van der Waals surface area contributed by atoms with Crippen LogP contribution in [0, 0.1) is 6.92 Å². The predicted molar refractivity (Wildman–Crippen MR) is 103 cm³/mol. The van der Waals surface area contributed by atoms with Gasteiger partial charge in [-0.1, -0.05) is 6.08 Å². The number of amides is 1. The van der Waals surface area contributed by atoms with Crippen LogP contribution in [-0.2, 0) is 17.6 Å². The van der Waals surface area contributed by atoms with Gasteiger partial charge in [-0.15, -0.1) is 22.7 Å². The molecule has 8 heteroatoms. The maximum absolute atomic E-state index is 12.4. The highest BCUT2D eigenvalue weighted by molar-refractivity contribution is 7.18. The van der Waals surface area contributed by atoms with Gasteiger partial charge in [-0.2, -0.15) is 0 Å². The summed E-state index contributed by atoms with van der Waals surface area (Å²) in [6.45, 7) is 2.02. The normalized spacial score (nSPS) is 15.0. The third-order valence-corrected chi connectivity index (χ3v) is 6.50. The number of anilines is 1. The van der Waals surface area contributed by atoms with E-state index >= 15 is 0 Å². The van der Waals surface area contributed by atoms with Gasteiger partial charge in [0.05, 0.1) is 0 Å². The summed E-state index contributed by atoms with van der Waals surface area (Å²) in [4.78, 5) is 27.1. The topological polar surface area (TPSA) is 99.5 Å². The van der Waals surface area contributed by atoms with Crippen LogP contribution in [0.25, 0.3) is 10.6 Å². The van der Waals surface area contributed by atoms with Crippen molar-refractivity contribution in [1.82, 2.24) is 4.98 Å². The molecule has 0 saturated heterocycles. The van der Waals surface area contributed by atoms with Crippen molar-refractivity contribution in [1.29, 1.82) is 0 Å². The van der Waals surface area contributed by atoms with Gasteiger partial charge in [-0.25, -0.2) is 9.78 Å². The molecule has 0 bridgehead atoms. The first-order valence-corrected chi connectivity index (χ1v) is 10.1. The van der Waals surface area contributed by atoms with Gasteiger partial charge < -0.3 is 15.5 Å². The second-order valence-electron chi connectivity index (χ2n) is 6.21. The molecular formula is C18H20N2O4S2. The van der Waals surface area contributed by atoms with Crippen molar-refractivity contribution in [3.63, 3.8) is 0 Å². The van der Waals surface area contributed by atoms with Gasteiger partial charge in [-0.05, 0) is 51.0 Å². The molecule has 4 rings (SSSR count). The van der Waals surface area contributed by atoms with Gasteiger partial charge in [0.15, 0.2) is 0 Å². The van der Waals surface area contributed by atoms with E-state index in [9.17, 15) is 4.79 Å². The molecule has 138 valence electrons. The summed E-state index contributed by atoms with van der Waals surface area (Å²) in [6, 6.07) is 0. The zero-order chi connectivity index (χ0) is 18.7. The Morgan fingerprint density at radius 2 is 1.96 bits per heavy atom. The zero-order valence-electron chi connectivity index (χ0n) is 14.4. The lowest BCUT2D eigenvalue weighted by Crippen LogP contribution is -2.13. The number of thiophene rings is 1. The van der Waals surface area contributed by atoms with Crippen LogP contribution in [0.15, 0.2) is 17.0 Å². The van der Waals surface area contributed by atoms with E-state index in [1.54, 1.807) is 22.7 Å². The van der Waals surface area contributed by atoms with E-state index in [1.165, 1.54) is 22.4 Å². The highest BCUT2D eigenvalue weighted by atomic mass is 32.1. The molecule has 0 aromatic carbocycles. The van der Waals surface area contributed by atoms with Crippen molar-refractivity contribution in [3.8, 4) is 10.6 Å². The first kappa shape index (κ1) is 18.6. The molecule has 0 atom stereocenters. The van der Waals surface area contributed by atoms with Gasteiger partial charge >= 0.3 is 6.16 Å². The molecule has 6 nitrogen and oxygen atoms in total. The Balaban J connectivity index is 0.000000447. The van der Waals surface area contributed by atoms with Crippen LogP contribution in [0.2, 0.25) is 0 Å². The lowest BCUT2D eigenvalue weighted by atomic mass is 10.1. The maximum atomic E-state index is 12.4. The molecular weight excluding hydrogens is 372 g/mol. The molecule has 2 aliphatic rings. The molecule has 0 saturated carbocycles. The first-order chi connectivity index (χ1) is 12.5. The number of nitrogens with one attached hydrogen (secondary N) is 1. The minimum Gasteiger partial charge on any atom is -0.450 e. The summed E-state index contributed by atoms with van der Waals surface area (Å²) in [7, 11) is 0. The number of aryl methyl sites for hydroxylation is 2. The fourth-order valence-electron chi connectivity index (χ4n) is 3.25. The molecule has 0 fully saturated rings. The number of allylic oxidation sites excluding steroid dienone is 1. The third-order valence-electron chi connectivity index (χ3n) is 4.31. The van der Waals surface area contributed by atoms with Crippen molar-refractivity contribution in [2.45, 2.75) is 45.4 Å². The number of nitrogens with zero attached hydrogens (tertiary/aromatic N) is 1. The second-order valence-corrected chi connectivity index (χ2v) is 8.18. The summed E-state index contributed by atoms with van der Waals surface area (Å²) >= 11 is 3.42. The van der Waals surface area contributed by atoms with Crippen molar-refractivity contribution >= 4 is 39.7 Å². The highest BCUT2D eigenvalue weighted by Gasteiger charge is 2.26. The fraction of sp³-hybridized carbons (Fsp3) is 0.389. The van der Waals surface area contributed by atoms with Crippen LogP contribution in [0.4, 0.5) is 9.80 Å². The Morgan fingerprint density at radius 3 is 2.58 bits per heavy atom. The molecule has 0 unspecified atom stereocenters. The van der Waals surface area contributed by atoms with E-state index in [4.69, 9.17) is 15.0 Å². The van der Waals surface area contributed by atoms with Gasteiger partial charge in [0, 0.05) is 27.1 Å². The molecule has 1 amide bonds.